The van der Waals surface area contributed by atoms with Gasteiger partial charge in [-0.05, 0) is 71.7 Å². The van der Waals surface area contributed by atoms with E-state index >= 15 is 0 Å². The van der Waals surface area contributed by atoms with Crippen molar-refractivity contribution in [2.24, 2.45) is 0 Å². The van der Waals surface area contributed by atoms with Crippen LogP contribution in [0.2, 0.25) is 0 Å². The minimum absolute atomic E-state index is 0.250. The van der Waals surface area contributed by atoms with E-state index in [1.54, 1.807) is 0 Å². The quantitative estimate of drug-likeness (QED) is 0.405. The molecule has 1 radical (unpaired) electrons. The van der Waals surface area contributed by atoms with Crippen LogP contribution in [0.3, 0.4) is 0 Å². The first-order valence-corrected chi connectivity index (χ1v) is 10.8. The van der Waals surface area contributed by atoms with E-state index in [1.807, 2.05) is 0 Å². The number of aryl methyl sites for hydroxylation is 4. The summed E-state index contributed by atoms with van der Waals surface area (Å²) in [6.45, 7) is 8.78. The monoisotopic (exact) mass is 363 g/mol. The molecule has 0 spiro atoms. The SMILES string of the molecule is CCCc1[c]c(CCC)cc(C(=O)Cc2c(CCC)cccc2CCC)c1. The summed E-state index contributed by atoms with van der Waals surface area (Å²) < 4.78 is 0. The zero-order valence-corrected chi connectivity index (χ0v) is 17.7. The summed E-state index contributed by atoms with van der Waals surface area (Å²) in [7, 11) is 0. The third-order valence-electron chi connectivity index (χ3n) is 5.09. The normalized spacial score (nSPS) is 11.0. The van der Waals surface area contributed by atoms with Gasteiger partial charge in [0.1, 0.15) is 0 Å². The summed E-state index contributed by atoms with van der Waals surface area (Å²) >= 11 is 0. The van der Waals surface area contributed by atoms with Crippen LogP contribution in [0.5, 0.6) is 0 Å². The van der Waals surface area contributed by atoms with Crippen molar-refractivity contribution in [2.45, 2.75) is 85.5 Å². The highest BCUT2D eigenvalue weighted by atomic mass is 16.1. The van der Waals surface area contributed by atoms with Crippen molar-refractivity contribution in [3.05, 3.63) is 69.8 Å². The minimum atomic E-state index is 0.250. The van der Waals surface area contributed by atoms with Gasteiger partial charge in [0.25, 0.3) is 0 Å². The molecule has 0 heterocycles. The van der Waals surface area contributed by atoms with Gasteiger partial charge in [0.2, 0.25) is 0 Å². The van der Waals surface area contributed by atoms with Crippen LogP contribution in [-0.4, -0.2) is 5.78 Å². The Balaban J connectivity index is 2.36. The zero-order valence-electron chi connectivity index (χ0n) is 17.7. The largest absolute Gasteiger partial charge is 0.294 e. The van der Waals surface area contributed by atoms with Gasteiger partial charge in [0.15, 0.2) is 5.78 Å². The lowest BCUT2D eigenvalue weighted by atomic mass is 9.89. The summed E-state index contributed by atoms with van der Waals surface area (Å²) in [5, 5.41) is 0. The van der Waals surface area contributed by atoms with Crippen LogP contribution in [-0.2, 0) is 32.1 Å². The van der Waals surface area contributed by atoms with Crippen molar-refractivity contribution in [2.75, 3.05) is 0 Å². The predicted molar refractivity (Wildman–Crippen MR) is 116 cm³/mol. The van der Waals surface area contributed by atoms with Crippen LogP contribution < -0.4 is 0 Å². The Morgan fingerprint density at radius 2 is 1.26 bits per heavy atom. The summed E-state index contributed by atoms with van der Waals surface area (Å²) in [5.41, 5.74) is 7.20. The summed E-state index contributed by atoms with van der Waals surface area (Å²) in [6.07, 6.45) is 8.98. The third-order valence-corrected chi connectivity index (χ3v) is 5.09. The first-order valence-electron chi connectivity index (χ1n) is 10.8. The second-order valence-corrected chi connectivity index (χ2v) is 7.57. The van der Waals surface area contributed by atoms with Crippen molar-refractivity contribution < 1.29 is 4.79 Å². The summed E-state index contributed by atoms with van der Waals surface area (Å²) in [4.78, 5) is 13.2. The van der Waals surface area contributed by atoms with Crippen molar-refractivity contribution in [3.63, 3.8) is 0 Å². The number of rotatable bonds is 11. The predicted octanol–water partition coefficient (Wildman–Crippen LogP) is 6.72. The van der Waals surface area contributed by atoms with Gasteiger partial charge >= 0.3 is 0 Å². The molecule has 1 nitrogen and oxygen atoms in total. The van der Waals surface area contributed by atoms with Crippen LogP contribution in [0, 0.1) is 6.07 Å². The number of hydrogen-bond acceptors (Lipinski definition) is 1. The second-order valence-electron chi connectivity index (χ2n) is 7.57. The lowest BCUT2D eigenvalue weighted by molar-refractivity contribution is 0.0992. The van der Waals surface area contributed by atoms with Gasteiger partial charge in [-0.25, -0.2) is 0 Å². The molecule has 1 heteroatoms. The van der Waals surface area contributed by atoms with E-state index in [1.165, 1.54) is 27.8 Å². The molecule has 0 aromatic heterocycles. The highest BCUT2D eigenvalue weighted by Gasteiger charge is 2.15. The Morgan fingerprint density at radius 3 is 1.70 bits per heavy atom. The molecule has 2 rings (SSSR count). The van der Waals surface area contributed by atoms with E-state index in [9.17, 15) is 4.79 Å². The van der Waals surface area contributed by atoms with Crippen molar-refractivity contribution in [1.82, 2.24) is 0 Å². The molecule has 0 aliphatic heterocycles. The number of carbonyl (C=O) groups excluding carboxylic acids is 1. The van der Waals surface area contributed by atoms with E-state index in [2.05, 4.69) is 64.1 Å². The lowest BCUT2D eigenvalue weighted by Crippen LogP contribution is -2.10. The number of hydrogen-bond donors (Lipinski definition) is 0. The molecule has 2 aromatic rings. The molecular weight excluding hydrogens is 328 g/mol. The molecule has 27 heavy (non-hydrogen) atoms. The van der Waals surface area contributed by atoms with Crippen LogP contribution in [0.4, 0.5) is 0 Å². The Hall–Kier alpha value is -1.89. The van der Waals surface area contributed by atoms with E-state index in [0.717, 1.165) is 56.9 Å². The van der Waals surface area contributed by atoms with E-state index < -0.39 is 0 Å². The van der Waals surface area contributed by atoms with Crippen molar-refractivity contribution in [3.8, 4) is 0 Å². The van der Waals surface area contributed by atoms with Gasteiger partial charge in [-0.1, -0.05) is 71.6 Å². The van der Waals surface area contributed by atoms with Crippen LogP contribution >= 0.6 is 0 Å². The number of carbonyl (C=O) groups is 1. The Kier molecular flexibility index (Phi) is 8.78. The molecule has 145 valence electrons. The maximum absolute atomic E-state index is 13.2. The van der Waals surface area contributed by atoms with Crippen LogP contribution in [0.1, 0.15) is 91.6 Å². The fourth-order valence-corrected chi connectivity index (χ4v) is 3.85. The Labute approximate surface area is 166 Å². The van der Waals surface area contributed by atoms with E-state index in [4.69, 9.17) is 0 Å². The maximum atomic E-state index is 13.2. The van der Waals surface area contributed by atoms with Crippen LogP contribution in [0.15, 0.2) is 30.3 Å². The van der Waals surface area contributed by atoms with Gasteiger partial charge in [-0.3, -0.25) is 4.79 Å². The average molecular weight is 364 g/mol. The maximum Gasteiger partial charge on any atom is 0.167 e. The first-order chi connectivity index (χ1) is 13.1. The lowest BCUT2D eigenvalue weighted by Gasteiger charge is -2.15. The van der Waals surface area contributed by atoms with E-state index in [-0.39, 0.29) is 5.78 Å². The smallest absolute Gasteiger partial charge is 0.167 e. The number of benzene rings is 2. The fourth-order valence-electron chi connectivity index (χ4n) is 3.85. The molecule has 0 saturated carbocycles. The van der Waals surface area contributed by atoms with Gasteiger partial charge in [0, 0.05) is 12.0 Å². The molecule has 0 aliphatic rings. The third kappa shape index (κ3) is 6.06. The molecule has 0 atom stereocenters. The number of Topliss-reactive ketones (excluding diaryl/α,β-unsaturated/α-hetero) is 1. The van der Waals surface area contributed by atoms with Crippen molar-refractivity contribution in [1.29, 1.82) is 0 Å². The van der Waals surface area contributed by atoms with Gasteiger partial charge in [0.05, 0.1) is 0 Å². The van der Waals surface area contributed by atoms with Gasteiger partial charge in [-0.15, -0.1) is 0 Å². The summed E-state index contributed by atoms with van der Waals surface area (Å²) in [6, 6.07) is 14.2. The minimum Gasteiger partial charge on any atom is -0.294 e. The van der Waals surface area contributed by atoms with Gasteiger partial charge < -0.3 is 0 Å². The molecule has 0 saturated heterocycles. The standard InChI is InChI=1S/C26H35O/c1-5-10-20-16-21(11-6-2)18-24(17-20)26(27)19-25-22(12-7-3)14-9-15-23(25)13-8-4/h9,14-15,17-18H,5-8,10-13,19H2,1-4H3. The molecular formula is C26H35O. The fraction of sp³-hybridized carbons (Fsp3) is 0.500. The van der Waals surface area contributed by atoms with Crippen LogP contribution in [0.25, 0.3) is 0 Å². The number of ketones is 1. The highest BCUT2D eigenvalue weighted by Crippen LogP contribution is 2.22. The highest BCUT2D eigenvalue weighted by molar-refractivity contribution is 5.98. The average Bonchev–Trinajstić information content (AvgIpc) is 2.65. The molecule has 0 bridgehead atoms. The zero-order chi connectivity index (χ0) is 19.6. The van der Waals surface area contributed by atoms with Crippen molar-refractivity contribution >= 4 is 5.78 Å². The molecule has 0 fully saturated rings. The second kappa shape index (κ2) is 11.1. The van der Waals surface area contributed by atoms with E-state index in [0.29, 0.717) is 6.42 Å². The Morgan fingerprint density at radius 1 is 0.778 bits per heavy atom. The van der Waals surface area contributed by atoms with Gasteiger partial charge in [-0.2, -0.15) is 0 Å². The summed E-state index contributed by atoms with van der Waals surface area (Å²) in [5.74, 6) is 0.250. The first kappa shape index (κ1) is 21.4. The molecule has 0 N–H and O–H groups in total. The molecule has 0 unspecified atom stereocenters. The molecule has 0 amide bonds. The molecule has 0 aliphatic carbocycles. The Bertz CT molecular complexity index is 693. The molecule has 2 aromatic carbocycles. The topological polar surface area (TPSA) is 17.1 Å².